The van der Waals surface area contributed by atoms with Crippen LogP contribution in [0.25, 0.3) is 0 Å². The van der Waals surface area contributed by atoms with Crippen LogP contribution in [-0.2, 0) is 6.54 Å². The van der Waals surface area contributed by atoms with Crippen molar-refractivity contribution in [3.63, 3.8) is 0 Å². The van der Waals surface area contributed by atoms with Crippen molar-refractivity contribution in [3.8, 4) is 23.3 Å². The number of ether oxygens (including phenoxy) is 4. The number of pyridine rings is 1. The SMILES string of the molecule is COc1ccc(C(=O)N2CCCOc3c(cccc3OC)C2)c(OC)n1. The Kier molecular flexibility index (Phi) is 5.46. The Balaban J connectivity index is 1.92. The van der Waals surface area contributed by atoms with Crippen LogP contribution < -0.4 is 18.9 Å². The van der Waals surface area contributed by atoms with Crippen molar-refractivity contribution in [2.75, 3.05) is 34.5 Å². The summed E-state index contributed by atoms with van der Waals surface area (Å²) in [6.07, 6.45) is 0.717. The van der Waals surface area contributed by atoms with Gasteiger partial charge in [0.1, 0.15) is 5.56 Å². The van der Waals surface area contributed by atoms with E-state index in [0.717, 1.165) is 12.0 Å². The highest BCUT2D eigenvalue weighted by Crippen LogP contribution is 2.33. The second-order valence-corrected chi connectivity index (χ2v) is 5.79. The Morgan fingerprint density at radius 2 is 1.96 bits per heavy atom. The van der Waals surface area contributed by atoms with E-state index in [-0.39, 0.29) is 11.8 Å². The molecule has 26 heavy (non-hydrogen) atoms. The van der Waals surface area contributed by atoms with Crippen LogP contribution in [0.3, 0.4) is 0 Å². The third-order valence-corrected chi connectivity index (χ3v) is 4.22. The highest BCUT2D eigenvalue weighted by atomic mass is 16.5. The standard InChI is InChI=1S/C19H22N2O5/c1-23-15-7-4-6-13-12-21(10-5-11-26-17(13)15)19(22)14-8-9-16(24-2)20-18(14)25-3/h4,6-9H,5,10-12H2,1-3H3. The predicted octanol–water partition coefficient (Wildman–Crippen LogP) is 2.53. The first kappa shape index (κ1) is 17.8. The number of carbonyl (C=O) groups excluding carboxylic acids is 1. The minimum absolute atomic E-state index is 0.146. The van der Waals surface area contributed by atoms with Gasteiger partial charge in [-0.1, -0.05) is 12.1 Å². The third kappa shape index (κ3) is 3.51. The summed E-state index contributed by atoms with van der Waals surface area (Å²) in [6.45, 7) is 1.50. The summed E-state index contributed by atoms with van der Waals surface area (Å²) in [5, 5.41) is 0. The zero-order valence-electron chi connectivity index (χ0n) is 15.2. The van der Waals surface area contributed by atoms with E-state index < -0.39 is 0 Å². The molecule has 0 atom stereocenters. The maximum absolute atomic E-state index is 13.1. The smallest absolute Gasteiger partial charge is 0.259 e. The second kappa shape index (κ2) is 7.95. The predicted molar refractivity (Wildman–Crippen MR) is 95.2 cm³/mol. The average Bonchev–Trinajstić information content (AvgIpc) is 2.67. The normalized spacial score (nSPS) is 13.7. The van der Waals surface area contributed by atoms with Crippen molar-refractivity contribution in [2.45, 2.75) is 13.0 Å². The van der Waals surface area contributed by atoms with Crippen LogP contribution in [0.1, 0.15) is 22.3 Å². The second-order valence-electron chi connectivity index (χ2n) is 5.79. The van der Waals surface area contributed by atoms with Crippen molar-refractivity contribution in [2.24, 2.45) is 0 Å². The number of amides is 1. The lowest BCUT2D eigenvalue weighted by atomic mass is 10.1. The Hall–Kier alpha value is -2.96. The van der Waals surface area contributed by atoms with E-state index in [0.29, 0.717) is 42.6 Å². The van der Waals surface area contributed by atoms with Gasteiger partial charge in [-0.2, -0.15) is 4.98 Å². The van der Waals surface area contributed by atoms with E-state index in [2.05, 4.69) is 4.98 Å². The highest BCUT2D eigenvalue weighted by Gasteiger charge is 2.24. The van der Waals surface area contributed by atoms with E-state index >= 15 is 0 Å². The molecule has 0 saturated heterocycles. The van der Waals surface area contributed by atoms with Gasteiger partial charge in [-0.15, -0.1) is 0 Å². The molecule has 1 aromatic carbocycles. The molecular formula is C19H22N2O5. The summed E-state index contributed by atoms with van der Waals surface area (Å²) >= 11 is 0. The lowest BCUT2D eigenvalue weighted by Crippen LogP contribution is -2.34. The Labute approximate surface area is 152 Å². The van der Waals surface area contributed by atoms with Gasteiger partial charge >= 0.3 is 0 Å². The van der Waals surface area contributed by atoms with E-state index in [1.54, 1.807) is 24.1 Å². The summed E-state index contributed by atoms with van der Waals surface area (Å²) in [5.74, 6) is 1.86. The fourth-order valence-corrected chi connectivity index (χ4v) is 2.92. The highest BCUT2D eigenvalue weighted by molar-refractivity contribution is 5.96. The monoisotopic (exact) mass is 358 g/mol. The Morgan fingerprint density at radius 1 is 1.12 bits per heavy atom. The molecule has 7 heteroatoms. The number of rotatable bonds is 4. The van der Waals surface area contributed by atoms with Gasteiger partial charge in [-0.05, 0) is 18.6 Å². The minimum Gasteiger partial charge on any atom is -0.493 e. The first-order valence-electron chi connectivity index (χ1n) is 8.35. The van der Waals surface area contributed by atoms with Crippen molar-refractivity contribution in [1.82, 2.24) is 9.88 Å². The van der Waals surface area contributed by atoms with Crippen molar-refractivity contribution >= 4 is 5.91 Å². The van der Waals surface area contributed by atoms with E-state index in [4.69, 9.17) is 18.9 Å². The molecule has 0 N–H and O–H groups in total. The molecular weight excluding hydrogens is 336 g/mol. The van der Waals surface area contributed by atoms with E-state index in [1.807, 2.05) is 18.2 Å². The Bertz CT molecular complexity index is 793. The molecule has 1 aliphatic rings. The summed E-state index contributed by atoms with van der Waals surface area (Å²) in [6, 6.07) is 9.01. The van der Waals surface area contributed by atoms with Gasteiger partial charge in [0.25, 0.3) is 5.91 Å². The van der Waals surface area contributed by atoms with Gasteiger partial charge in [0.2, 0.25) is 11.8 Å². The molecule has 1 aliphatic heterocycles. The summed E-state index contributed by atoms with van der Waals surface area (Å²) in [7, 11) is 4.61. The van der Waals surface area contributed by atoms with Crippen LogP contribution >= 0.6 is 0 Å². The summed E-state index contributed by atoms with van der Waals surface area (Å²) in [5.41, 5.74) is 1.30. The first-order chi connectivity index (χ1) is 12.7. The molecule has 0 spiro atoms. The van der Waals surface area contributed by atoms with Crippen LogP contribution in [0.2, 0.25) is 0 Å². The number of para-hydroxylation sites is 1. The van der Waals surface area contributed by atoms with Crippen molar-refractivity contribution in [1.29, 1.82) is 0 Å². The van der Waals surface area contributed by atoms with Crippen LogP contribution in [0.4, 0.5) is 0 Å². The van der Waals surface area contributed by atoms with Gasteiger partial charge < -0.3 is 23.8 Å². The molecule has 2 aromatic rings. The fourth-order valence-electron chi connectivity index (χ4n) is 2.92. The molecule has 138 valence electrons. The van der Waals surface area contributed by atoms with Crippen LogP contribution in [-0.4, -0.2) is 50.3 Å². The third-order valence-electron chi connectivity index (χ3n) is 4.22. The van der Waals surface area contributed by atoms with E-state index in [1.165, 1.54) is 14.2 Å². The molecule has 2 heterocycles. The molecule has 1 amide bonds. The zero-order chi connectivity index (χ0) is 18.5. The Morgan fingerprint density at radius 3 is 2.69 bits per heavy atom. The maximum Gasteiger partial charge on any atom is 0.259 e. The summed E-state index contributed by atoms with van der Waals surface area (Å²) < 4.78 is 21.6. The number of benzene rings is 1. The lowest BCUT2D eigenvalue weighted by Gasteiger charge is -2.27. The van der Waals surface area contributed by atoms with Gasteiger partial charge in [-0.3, -0.25) is 4.79 Å². The maximum atomic E-state index is 13.1. The molecule has 0 radical (unpaired) electrons. The molecule has 0 saturated carbocycles. The number of fused-ring (bicyclic) bond motifs is 1. The zero-order valence-corrected chi connectivity index (χ0v) is 15.2. The van der Waals surface area contributed by atoms with Gasteiger partial charge in [-0.25, -0.2) is 0 Å². The fraction of sp³-hybridized carbons (Fsp3) is 0.368. The molecule has 0 aliphatic carbocycles. The quantitative estimate of drug-likeness (QED) is 0.836. The first-order valence-corrected chi connectivity index (χ1v) is 8.35. The van der Waals surface area contributed by atoms with Gasteiger partial charge in [0, 0.05) is 24.7 Å². The number of hydrogen-bond acceptors (Lipinski definition) is 6. The van der Waals surface area contributed by atoms with Gasteiger partial charge in [0.15, 0.2) is 11.5 Å². The molecule has 3 rings (SSSR count). The molecule has 1 aromatic heterocycles. The topological polar surface area (TPSA) is 70.1 Å². The van der Waals surface area contributed by atoms with Gasteiger partial charge in [0.05, 0.1) is 27.9 Å². The number of nitrogens with zero attached hydrogens (tertiary/aromatic N) is 2. The van der Waals surface area contributed by atoms with Crippen LogP contribution in [0.15, 0.2) is 30.3 Å². The van der Waals surface area contributed by atoms with E-state index in [9.17, 15) is 4.79 Å². The number of aromatic nitrogens is 1. The molecule has 0 fully saturated rings. The van der Waals surface area contributed by atoms with Crippen molar-refractivity contribution < 1.29 is 23.7 Å². The summed E-state index contributed by atoms with van der Waals surface area (Å²) in [4.78, 5) is 19.1. The van der Waals surface area contributed by atoms with Crippen molar-refractivity contribution in [3.05, 3.63) is 41.5 Å². The minimum atomic E-state index is -0.146. The number of methoxy groups -OCH3 is 3. The average molecular weight is 358 g/mol. The van der Waals surface area contributed by atoms with Crippen LogP contribution in [0, 0.1) is 0 Å². The largest absolute Gasteiger partial charge is 0.493 e. The number of carbonyl (C=O) groups is 1. The number of hydrogen-bond donors (Lipinski definition) is 0. The molecule has 0 unspecified atom stereocenters. The van der Waals surface area contributed by atoms with Crippen LogP contribution in [0.5, 0.6) is 23.3 Å². The lowest BCUT2D eigenvalue weighted by molar-refractivity contribution is 0.0717. The molecule has 7 nitrogen and oxygen atoms in total. The molecule has 0 bridgehead atoms.